The minimum absolute atomic E-state index is 0.0795. The molecule has 0 amide bonds. The van der Waals surface area contributed by atoms with Crippen LogP contribution in [0.3, 0.4) is 0 Å². The molecule has 0 radical (unpaired) electrons. The van der Waals surface area contributed by atoms with Gasteiger partial charge >= 0.3 is 0 Å². The van der Waals surface area contributed by atoms with Gasteiger partial charge in [-0.1, -0.05) is 6.08 Å². The molecule has 0 unspecified atom stereocenters. The summed E-state index contributed by atoms with van der Waals surface area (Å²) in [6.45, 7) is 10.0. The van der Waals surface area contributed by atoms with Crippen molar-refractivity contribution in [2.45, 2.75) is 59.3 Å². The largest absolute Gasteiger partial charge is 0.381 e. The molecule has 1 N–H and O–H groups in total. The predicted octanol–water partition coefficient (Wildman–Crippen LogP) is 4.60. The van der Waals surface area contributed by atoms with Crippen LogP contribution in [0, 0.1) is 32.1 Å². The predicted molar refractivity (Wildman–Crippen MR) is 121 cm³/mol. The highest BCUT2D eigenvalue weighted by Gasteiger charge is 2.24. The number of aromatic nitrogens is 2. The Morgan fingerprint density at radius 1 is 1.03 bits per heavy atom. The number of rotatable bonds is 3. The Bertz CT molecular complexity index is 1100. The zero-order valence-corrected chi connectivity index (χ0v) is 18.5. The van der Waals surface area contributed by atoms with Gasteiger partial charge in [-0.3, -0.25) is 9.59 Å². The standard InChI is InChI=1S/C13H16N2O.C12H12N2O/c1-3-7-14-11-8-9(2)15-13-10(11)5-4-6-12(13)16;1-7-8(2)14-12-9(10(7)6-13)4-3-5-11(12)15/h3,8H,1,4-7H2,2H3,(H,14,15);3-5H2,1-2H3. The Kier molecular flexibility index (Phi) is 6.96. The number of Topliss-reactive ketones (excluding diaryl/α,β-unsaturated/α-hetero) is 2. The van der Waals surface area contributed by atoms with Crippen molar-refractivity contribution in [1.82, 2.24) is 9.97 Å². The van der Waals surface area contributed by atoms with Crippen molar-refractivity contribution in [3.8, 4) is 6.07 Å². The fourth-order valence-corrected chi connectivity index (χ4v) is 4.08. The maximum atomic E-state index is 11.8. The van der Waals surface area contributed by atoms with Gasteiger partial charge < -0.3 is 5.32 Å². The number of fused-ring (bicyclic) bond motifs is 2. The Labute approximate surface area is 183 Å². The van der Waals surface area contributed by atoms with E-state index < -0.39 is 0 Å². The summed E-state index contributed by atoms with van der Waals surface area (Å²) in [5, 5.41) is 12.4. The maximum Gasteiger partial charge on any atom is 0.181 e. The molecule has 2 aliphatic carbocycles. The first-order valence-electron chi connectivity index (χ1n) is 10.7. The molecule has 0 aliphatic heterocycles. The van der Waals surface area contributed by atoms with Gasteiger partial charge in [-0.15, -0.1) is 6.58 Å². The van der Waals surface area contributed by atoms with Crippen LogP contribution in [0.25, 0.3) is 0 Å². The number of hydrogen-bond acceptors (Lipinski definition) is 6. The molecular formula is C25H28N4O2. The molecule has 0 saturated heterocycles. The average Bonchev–Trinajstić information content (AvgIpc) is 2.75. The first-order valence-corrected chi connectivity index (χ1v) is 10.7. The molecule has 6 nitrogen and oxygen atoms in total. The van der Waals surface area contributed by atoms with Gasteiger partial charge in [-0.25, -0.2) is 9.97 Å². The molecule has 2 aromatic rings. The van der Waals surface area contributed by atoms with Crippen molar-refractivity contribution >= 4 is 17.3 Å². The fourth-order valence-electron chi connectivity index (χ4n) is 4.08. The van der Waals surface area contributed by atoms with Crippen molar-refractivity contribution in [1.29, 1.82) is 5.26 Å². The number of carbonyl (C=O) groups is 2. The fraction of sp³-hybridized carbons (Fsp3) is 0.400. The topological polar surface area (TPSA) is 95.7 Å². The van der Waals surface area contributed by atoms with Crippen LogP contribution in [0.4, 0.5) is 5.69 Å². The van der Waals surface area contributed by atoms with Crippen LogP contribution in [0.15, 0.2) is 18.7 Å². The summed E-state index contributed by atoms with van der Waals surface area (Å²) in [6.07, 6.45) is 6.51. The van der Waals surface area contributed by atoms with Gasteiger partial charge in [0.25, 0.3) is 0 Å². The summed E-state index contributed by atoms with van der Waals surface area (Å²) in [5.41, 5.74) is 7.41. The smallest absolute Gasteiger partial charge is 0.181 e. The summed E-state index contributed by atoms with van der Waals surface area (Å²) in [7, 11) is 0. The highest BCUT2D eigenvalue weighted by atomic mass is 16.1. The van der Waals surface area contributed by atoms with E-state index in [9.17, 15) is 9.59 Å². The molecule has 2 aliphatic rings. The molecule has 6 heteroatoms. The van der Waals surface area contributed by atoms with Crippen LogP contribution in [-0.4, -0.2) is 28.1 Å². The SMILES string of the molecule is C=CCNc1cc(C)nc2c1CCCC2=O.Cc1nc2c(c(C#N)c1C)CCCC2=O. The highest BCUT2D eigenvalue weighted by Crippen LogP contribution is 2.28. The number of aryl methyl sites for hydroxylation is 2. The molecule has 0 aromatic carbocycles. The molecule has 0 spiro atoms. The second kappa shape index (κ2) is 9.65. The van der Waals surface area contributed by atoms with E-state index in [0.29, 0.717) is 36.3 Å². The minimum Gasteiger partial charge on any atom is -0.381 e. The lowest BCUT2D eigenvalue weighted by Crippen LogP contribution is -2.16. The third-order valence-electron chi connectivity index (χ3n) is 5.78. The molecule has 31 heavy (non-hydrogen) atoms. The minimum atomic E-state index is 0.0795. The average molecular weight is 417 g/mol. The van der Waals surface area contributed by atoms with Crippen LogP contribution in [0.5, 0.6) is 0 Å². The zero-order valence-electron chi connectivity index (χ0n) is 18.5. The highest BCUT2D eigenvalue weighted by molar-refractivity contribution is 5.98. The molecule has 4 rings (SSSR count). The van der Waals surface area contributed by atoms with Crippen molar-refractivity contribution in [2.24, 2.45) is 0 Å². The number of ketones is 2. The normalized spacial score (nSPS) is 14.5. The van der Waals surface area contributed by atoms with E-state index in [1.807, 2.05) is 32.9 Å². The Hall–Kier alpha value is -3.33. The number of nitriles is 1. The van der Waals surface area contributed by atoms with Crippen LogP contribution < -0.4 is 5.32 Å². The third kappa shape index (κ3) is 4.72. The number of carbonyl (C=O) groups excluding carboxylic acids is 2. The number of nitrogens with zero attached hydrogens (tertiary/aromatic N) is 3. The lowest BCUT2D eigenvalue weighted by atomic mass is 9.89. The van der Waals surface area contributed by atoms with Gasteiger partial charge in [0, 0.05) is 42.0 Å². The summed E-state index contributed by atoms with van der Waals surface area (Å²) in [4.78, 5) is 32.0. The number of anilines is 1. The van der Waals surface area contributed by atoms with Crippen LogP contribution in [0.2, 0.25) is 0 Å². The number of pyridine rings is 2. The Morgan fingerprint density at radius 2 is 1.65 bits per heavy atom. The zero-order chi connectivity index (χ0) is 22.5. The van der Waals surface area contributed by atoms with Crippen molar-refractivity contribution < 1.29 is 9.59 Å². The lowest BCUT2D eigenvalue weighted by Gasteiger charge is -2.19. The molecule has 0 atom stereocenters. The molecule has 2 heterocycles. The lowest BCUT2D eigenvalue weighted by molar-refractivity contribution is 0.0959. The van der Waals surface area contributed by atoms with Crippen molar-refractivity contribution in [3.63, 3.8) is 0 Å². The maximum absolute atomic E-state index is 11.8. The van der Waals surface area contributed by atoms with Crippen LogP contribution in [-0.2, 0) is 12.8 Å². The second-order valence-electron chi connectivity index (χ2n) is 8.00. The molecule has 0 bridgehead atoms. The van der Waals surface area contributed by atoms with Gasteiger partial charge in [0.2, 0.25) is 0 Å². The van der Waals surface area contributed by atoms with Crippen molar-refractivity contribution in [2.75, 3.05) is 11.9 Å². The van der Waals surface area contributed by atoms with E-state index in [0.717, 1.165) is 59.4 Å². The van der Waals surface area contributed by atoms with E-state index in [4.69, 9.17) is 5.26 Å². The van der Waals surface area contributed by atoms with E-state index in [1.54, 1.807) is 0 Å². The Morgan fingerprint density at radius 3 is 2.26 bits per heavy atom. The van der Waals surface area contributed by atoms with Crippen LogP contribution >= 0.6 is 0 Å². The van der Waals surface area contributed by atoms with Gasteiger partial charge in [-0.05, 0) is 63.6 Å². The van der Waals surface area contributed by atoms with E-state index >= 15 is 0 Å². The molecule has 2 aromatic heterocycles. The molecule has 160 valence electrons. The first-order chi connectivity index (χ1) is 14.9. The molecule has 0 saturated carbocycles. The second-order valence-corrected chi connectivity index (χ2v) is 8.00. The van der Waals surface area contributed by atoms with Crippen molar-refractivity contribution in [3.05, 3.63) is 63.8 Å². The van der Waals surface area contributed by atoms with E-state index in [1.165, 1.54) is 0 Å². The summed E-state index contributed by atoms with van der Waals surface area (Å²) >= 11 is 0. The summed E-state index contributed by atoms with van der Waals surface area (Å²) in [6, 6.07) is 4.19. The summed E-state index contributed by atoms with van der Waals surface area (Å²) in [5.74, 6) is 0.252. The monoisotopic (exact) mass is 416 g/mol. The van der Waals surface area contributed by atoms with E-state index in [2.05, 4.69) is 27.9 Å². The Balaban J connectivity index is 0.000000176. The molecule has 0 fully saturated rings. The van der Waals surface area contributed by atoms with Gasteiger partial charge in [0.1, 0.15) is 11.4 Å². The van der Waals surface area contributed by atoms with Crippen LogP contribution in [0.1, 0.15) is 80.3 Å². The number of hydrogen-bond donors (Lipinski definition) is 1. The van der Waals surface area contributed by atoms with E-state index in [-0.39, 0.29) is 11.6 Å². The molecular weight excluding hydrogens is 388 g/mol. The van der Waals surface area contributed by atoms with Gasteiger partial charge in [0.05, 0.1) is 11.6 Å². The van der Waals surface area contributed by atoms with Gasteiger partial charge in [-0.2, -0.15) is 5.26 Å². The summed E-state index contributed by atoms with van der Waals surface area (Å²) < 4.78 is 0. The quantitative estimate of drug-likeness (QED) is 0.735. The third-order valence-corrected chi connectivity index (χ3v) is 5.78. The van der Waals surface area contributed by atoms with Gasteiger partial charge in [0.15, 0.2) is 11.6 Å². The first kappa shape index (κ1) is 22.4. The number of nitrogens with one attached hydrogen (secondary N) is 1.